The zero-order chi connectivity index (χ0) is 20.3. The summed E-state index contributed by atoms with van der Waals surface area (Å²) in [6, 6.07) is 5.36. The van der Waals surface area contributed by atoms with Crippen LogP contribution >= 0.6 is 11.3 Å². The molecule has 2 aliphatic rings. The highest BCUT2D eigenvalue weighted by Gasteiger charge is 2.43. The number of amides is 3. The number of nitrogens with one attached hydrogen (secondary N) is 1. The van der Waals surface area contributed by atoms with Crippen molar-refractivity contribution in [3.05, 3.63) is 46.7 Å². The average molecular weight is 420 g/mol. The summed E-state index contributed by atoms with van der Waals surface area (Å²) in [5.41, 5.74) is 0.374. The van der Waals surface area contributed by atoms with Crippen molar-refractivity contribution in [3.8, 4) is 0 Å². The second-order valence-electron chi connectivity index (χ2n) is 6.89. The average Bonchev–Trinajstić information content (AvgIpc) is 3.17. The lowest BCUT2D eigenvalue weighted by atomic mass is 10.2. The van der Waals surface area contributed by atoms with Gasteiger partial charge in [-0.1, -0.05) is 6.07 Å². The highest BCUT2D eigenvalue weighted by Crippen LogP contribution is 2.26. The maximum Gasteiger partial charge on any atom is 0.322 e. The van der Waals surface area contributed by atoms with Gasteiger partial charge in [-0.05, 0) is 24.6 Å². The standard InChI is InChI=1S/C19H21FN4O4S/c20-14-3-1-4-15(11-14)22-18(26)24-6-2-8-27-19(13-24)12-23(7-9-28-19)17(25)16-21-5-10-29-16/h1,3-5,10-11H,2,6-9,12-13H2,(H,22,26). The fourth-order valence-corrected chi connectivity index (χ4v) is 4.05. The van der Waals surface area contributed by atoms with Crippen LogP contribution in [0.5, 0.6) is 0 Å². The lowest BCUT2D eigenvalue weighted by Crippen LogP contribution is -2.60. The lowest BCUT2D eigenvalue weighted by Gasteiger charge is -2.42. The van der Waals surface area contributed by atoms with Crippen LogP contribution < -0.4 is 5.32 Å². The first-order valence-electron chi connectivity index (χ1n) is 9.33. The summed E-state index contributed by atoms with van der Waals surface area (Å²) < 4.78 is 25.3. The van der Waals surface area contributed by atoms with Crippen LogP contribution in [0.4, 0.5) is 14.9 Å². The molecule has 3 heterocycles. The summed E-state index contributed by atoms with van der Waals surface area (Å²) in [5, 5.41) is 4.87. The predicted octanol–water partition coefficient (Wildman–Crippen LogP) is 2.41. The number of morpholine rings is 1. The summed E-state index contributed by atoms with van der Waals surface area (Å²) in [4.78, 5) is 32.8. The number of hydrogen-bond donors (Lipinski definition) is 1. The minimum atomic E-state index is -1.10. The molecule has 1 aromatic heterocycles. The molecular formula is C19H21FN4O4S. The number of thiazole rings is 1. The molecule has 1 spiro atoms. The van der Waals surface area contributed by atoms with Gasteiger partial charge >= 0.3 is 6.03 Å². The van der Waals surface area contributed by atoms with Crippen LogP contribution in [0, 0.1) is 5.82 Å². The number of aromatic nitrogens is 1. The Morgan fingerprint density at radius 2 is 2.00 bits per heavy atom. The summed E-state index contributed by atoms with van der Waals surface area (Å²) in [7, 11) is 0. The number of nitrogens with zero attached hydrogens (tertiary/aromatic N) is 3. The highest BCUT2D eigenvalue weighted by molar-refractivity contribution is 7.11. The molecule has 3 amide bonds. The van der Waals surface area contributed by atoms with Crippen molar-refractivity contribution in [1.82, 2.24) is 14.8 Å². The van der Waals surface area contributed by atoms with Crippen LogP contribution in [-0.2, 0) is 9.47 Å². The number of rotatable bonds is 2. The van der Waals surface area contributed by atoms with E-state index in [1.807, 2.05) is 0 Å². The topological polar surface area (TPSA) is 84.0 Å². The fourth-order valence-electron chi connectivity index (χ4n) is 3.45. The van der Waals surface area contributed by atoms with E-state index in [1.165, 1.54) is 29.5 Å². The predicted molar refractivity (Wildman–Crippen MR) is 104 cm³/mol. The molecule has 2 aliphatic heterocycles. The minimum Gasteiger partial charge on any atom is -0.347 e. The van der Waals surface area contributed by atoms with Crippen LogP contribution in [-0.4, -0.2) is 71.9 Å². The van der Waals surface area contributed by atoms with E-state index in [-0.39, 0.29) is 25.0 Å². The normalized spacial score (nSPS) is 22.4. The lowest BCUT2D eigenvalue weighted by molar-refractivity contribution is -0.258. The van der Waals surface area contributed by atoms with Crippen LogP contribution in [0.3, 0.4) is 0 Å². The Bertz CT molecular complexity index is 881. The smallest absolute Gasteiger partial charge is 0.322 e. The Hall–Kier alpha value is -2.56. The minimum absolute atomic E-state index is 0.162. The SMILES string of the molecule is O=C(Nc1cccc(F)c1)N1CCCOC2(C1)CN(C(=O)c1nccs1)CCO2. The Morgan fingerprint density at radius 3 is 2.79 bits per heavy atom. The van der Waals surface area contributed by atoms with Gasteiger partial charge in [0.1, 0.15) is 5.82 Å². The Labute approximate surface area is 171 Å². The second-order valence-corrected chi connectivity index (χ2v) is 7.78. The molecule has 29 heavy (non-hydrogen) atoms. The largest absolute Gasteiger partial charge is 0.347 e. The highest BCUT2D eigenvalue weighted by atomic mass is 32.1. The number of carbonyl (C=O) groups is 2. The molecule has 0 bridgehead atoms. The van der Waals surface area contributed by atoms with E-state index in [9.17, 15) is 14.0 Å². The van der Waals surface area contributed by atoms with Gasteiger partial charge in [-0.3, -0.25) is 4.79 Å². The fraction of sp³-hybridized carbons (Fsp3) is 0.421. The third-order valence-electron chi connectivity index (χ3n) is 4.79. The van der Waals surface area contributed by atoms with E-state index < -0.39 is 11.6 Å². The molecule has 0 saturated carbocycles. The zero-order valence-electron chi connectivity index (χ0n) is 15.7. The van der Waals surface area contributed by atoms with E-state index in [0.29, 0.717) is 43.4 Å². The monoisotopic (exact) mass is 420 g/mol. The second kappa shape index (κ2) is 8.44. The van der Waals surface area contributed by atoms with E-state index in [0.717, 1.165) is 0 Å². The van der Waals surface area contributed by atoms with Gasteiger partial charge in [-0.15, -0.1) is 11.3 Å². The van der Waals surface area contributed by atoms with Gasteiger partial charge in [-0.25, -0.2) is 14.2 Å². The Morgan fingerprint density at radius 1 is 1.17 bits per heavy atom. The first-order chi connectivity index (χ1) is 14.0. The molecule has 2 saturated heterocycles. The third-order valence-corrected chi connectivity index (χ3v) is 5.55. The molecule has 1 atom stereocenters. The maximum absolute atomic E-state index is 13.4. The molecule has 1 unspecified atom stereocenters. The molecule has 1 N–H and O–H groups in total. The number of carbonyl (C=O) groups excluding carboxylic acids is 2. The first-order valence-corrected chi connectivity index (χ1v) is 10.2. The summed E-state index contributed by atoms with van der Waals surface area (Å²) in [5.74, 6) is -1.70. The van der Waals surface area contributed by atoms with E-state index in [2.05, 4.69) is 10.3 Å². The number of anilines is 1. The van der Waals surface area contributed by atoms with Crippen molar-refractivity contribution in [2.24, 2.45) is 0 Å². The number of hydrogen-bond acceptors (Lipinski definition) is 6. The van der Waals surface area contributed by atoms with Gasteiger partial charge in [0, 0.05) is 30.4 Å². The van der Waals surface area contributed by atoms with Gasteiger partial charge < -0.3 is 24.6 Å². The van der Waals surface area contributed by atoms with Crippen molar-refractivity contribution in [2.45, 2.75) is 12.2 Å². The van der Waals surface area contributed by atoms with Gasteiger partial charge in [-0.2, -0.15) is 0 Å². The van der Waals surface area contributed by atoms with Crippen LogP contribution in [0.1, 0.15) is 16.2 Å². The summed E-state index contributed by atoms with van der Waals surface area (Å²) >= 11 is 1.28. The van der Waals surface area contributed by atoms with E-state index >= 15 is 0 Å². The molecule has 154 valence electrons. The molecule has 2 aromatic rings. The molecule has 8 nitrogen and oxygen atoms in total. The van der Waals surface area contributed by atoms with Crippen molar-refractivity contribution in [3.63, 3.8) is 0 Å². The first kappa shape index (κ1) is 19.7. The Kier molecular flexibility index (Phi) is 5.74. The summed E-state index contributed by atoms with van der Waals surface area (Å²) in [6.07, 6.45) is 2.22. The van der Waals surface area contributed by atoms with E-state index in [4.69, 9.17) is 9.47 Å². The molecule has 4 rings (SSSR count). The quantitative estimate of drug-likeness (QED) is 0.807. The van der Waals surface area contributed by atoms with Crippen LogP contribution in [0.2, 0.25) is 0 Å². The summed E-state index contributed by atoms with van der Waals surface area (Å²) in [6.45, 7) is 1.97. The van der Waals surface area contributed by atoms with Gasteiger partial charge in [0.2, 0.25) is 5.79 Å². The maximum atomic E-state index is 13.4. The molecule has 0 radical (unpaired) electrons. The number of urea groups is 1. The van der Waals surface area contributed by atoms with Crippen molar-refractivity contribution >= 4 is 29.0 Å². The van der Waals surface area contributed by atoms with Gasteiger partial charge in [0.25, 0.3) is 5.91 Å². The van der Waals surface area contributed by atoms with E-state index in [1.54, 1.807) is 27.4 Å². The van der Waals surface area contributed by atoms with Crippen LogP contribution in [0.15, 0.2) is 35.8 Å². The molecular weight excluding hydrogens is 399 g/mol. The van der Waals surface area contributed by atoms with Crippen molar-refractivity contribution < 1.29 is 23.5 Å². The molecule has 2 fully saturated rings. The molecule has 1 aromatic carbocycles. The molecule has 0 aliphatic carbocycles. The number of ether oxygens (including phenoxy) is 2. The third kappa shape index (κ3) is 4.55. The van der Waals surface area contributed by atoms with Gasteiger partial charge in [0.15, 0.2) is 5.01 Å². The zero-order valence-corrected chi connectivity index (χ0v) is 16.5. The van der Waals surface area contributed by atoms with Crippen LogP contribution in [0.25, 0.3) is 0 Å². The van der Waals surface area contributed by atoms with Crippen molar-refractivity contribution in [1.29, 1.82) is 0 Å². The molecule has 10 heteroatoms. The van der Waals surface area contributed by atoms with Gasteiger partial charge in [0.05, 0.1) is 26.3 Å². The number of benzene rings is 1. The Balaban J connectivity index is 1.46. The van der Waals surface area contributed by atoms with Crippen molar-refractivity contribution in [2.75, 3.05) is 44.7 Å². The number of halogens is 1.